The van der Waals surface area contributed by atoms with E-state index in [9.17, 15) is 18.0 Å². The van der Waals surface area contributed by atoms with Crippen molar-refractivity contribution in [3.8, 4) is 11.4 Å². The molecule has 8 nitrogen and oxygen atoms in total. The number of rotatable bonds is 7. The lowest BCUT2D eigenvalue weighted by atomic mass is 10.3. The molecule has 0 aliphatic heterocycles. The first kappa shape index (κ1) is 19.7. The number of furan rings is 1. The van der Waals surface area contributed by atoms with Gasteiger partial charge in [0.1, 0.15) is 11.5 Å². The average molecular weight is 413 g/mol. The molecular formula is C16H14F3N5O3S. The molecule has 0 radical (unpaired) electrons. The molecule has 0 unspecified atom stereocenters. The Morgan fingerprint density at radius 3 is 2.68 bits per heavy atom. The Hall–Kier alpha value is -3.02. The summed E-state index contributed by atoms with van der Waals surface area (Å²) < 4.78 is 47.1. The topological polar surface area (TPSA) is 86.3 Å². The van der Waals surface area contributed by atoms with Gasteiger partial charge in [0.25, 0.3) is 0 Å². The predicted molar refractivity (Wildman–Crippen MR) is 91.7 cm³/mol. The standard InChI is InChI=1S/C16H14F3N5O3S/c1-23(9-13-3-2-8-26-13)14(25)10-28-15-20-21-22-24(15)11-4-6-12(7-5-11)27-16(17,18)19/h2-8H,9-10H2,1H3. The molecule has 0 bridgehead atoms. The van der Waals surface area contributed by atoms with Gasteiger partial charge in [-0.05, 0) is 46.8 Å². The van der Waals surface area contributed by atoms with Gasteiger partial charge in [0.05, 0.1) is 24.2 Å². The summed E-state index contributed by atoms with van der Waals surface area (Å²) in [6.45, 7) is 0.331. The van der Waals surface area contributed by atoms with Crippen molar-refractivity contribution < 1.29 is 27.1 Å². The third-order valence-electron chi connectivity index (χ3n) is 3.48. The Morgan fingerprint density at radius 2 is 2.04 bits per heavy atom. The van der Waals surface area contributed by atoms with Crippen molar-refractivity contribution in [3.63, 3.8) is 0 Å². The number of thioether (sulfide) groups is 1. The minimum atomic E-state index is -4.76. The van der Waals surface area contributed by atoms with E-state index in [0.29, 0.717) is 23.1 Å². The zero-order valence-electron chi connectivity index (χ0n) is 14.5. The first-order chi connectivity index (χ1) is 13.3. The highest BCUT2D eigenvalue weighted by Gasteiger charge is 2.31. The summed E-state index contributed by atoms with van der Waals surface area (Å²) in [4.78, 5) is 13.8. The third-order valence-corrected chi connectivity index (χ3v) is 4.38. The van der Waals surface area contributed by atoms with Crippen molar-refractivity contribution in [2.24, 2.45) is 0 Å². The number of nitrogens with zero attached hydrogens (tertiary/aromatic N) is 5. The number of halogens is 3. The van der Waals surface area contributed by atoms with Gasteiger partial charge in [-0.3, -0.25) is 4.79 Å². The minimum Gasteiger partial charge on any atom is -0.467 e. The molecule has 3 rings (SSSR count). The largest absolute Gasteiger partial charge is 0.573 e. The van der Waals surface area contributed by atoms with Crippen LogP contribution in [0.4, 0.5) is 13.2 Å². The zero-order chi connectivity index (χ0) is 20.1. The summed E-state index contributed by atoms with van der Waals surface area (Å²) in [7, 11) is 1.65. The van der Waals surface area contributed by atoms with Crippen molar-refractivity contribution in [1.82, 2.24) is 25.1 Å². The van der Waals surface area contributed by atoms with Gasteiger partial charge < -0.3 is 14.1 Å². The van der Waals surface area contributed by atoms with Gasteiger partial charge >= 0.3 is 6.36 Å². The van der Waals surface area contributed by atoms with E-state index in [1.165, 1.54) is 28.0 Å². The molecule has 3 aromatic rings. The fourth-order valence-electron chi connectivity index (χ4n) is 2.18. The molecule has 0 aliphatic rings. The van der Waals surface area contributed by atoms with Crippen LogP contribution < -0.4 is 4.74 Å². The zero-order valence-corrected chi connectivity index (χ0v) is 15.3. The SMILES string of the molecule is CN(Cc1ccco1)C(=O)CSc1nnnn1-c1ccc(OC(F)(F)F)cc1. The predicted octanol–water partition coefficient (Wildman–Crippen LogP) is 2.90. The van der Waals surface area contributed by atoms with E-state index >= 15 is 0 Å². The van der Waals surface area contributed by atoms with Crippen LogP contribution in [-0.2, 0) is 11.3 Å². The van der Waals surface area contributed by atoms with Crippen LogP contribution in [0.2, 0.25) is 0 Å². The van der Waals surface area contributed by atoms with Gasteiger partial charge in [0.15, 0.2) is 0 Å². The number of amides is 1. The molecule has 0 fully saturated rings. The molecule has 0 saturated heterocycles. The monoisotopic (exact) mass is 413 g/mol. The van der Waals surface area contributed by atoms with Gasteiger partial charge in [0, 0.05) is 7.05 Å². The Bertz CT molecular complexity index is 913. The molecule has 2 aromatic heterocycles. The number of benzene rings is 1. The van der Waals surface area contributed by atoms with Crippen LogP contribution in [0.25, 0.3) is 5.69 Å². The third kappa shape index (κ3) is 5.25. The smallest absolute Gasteiger partial charge is 0.467 e. The second-order valence-corrected chi connectivity index (χ2v) is 6.48. The first-order valence-electron chi connectivity index (χ1n) is 7.85. The number of carbonyl (C=O) groups excluding carboxylic acids is 1. The van der Waals surface area contributed by atoms with Crippen LogP contribution in [0.15, 0.2) is 52.2 Å². The Balaban J connectivity index is 1.61. The van der Waals surface area contributed by atoms with Crippen LogP contribution in [0.5, 0.6) is 5.75 Å². The normalized spacial score (nSPS) is 11.4. The number of hydrogen-bond acceptors (Lipinski definition) is 7. The second-order valence-electron chi connectivity index (χ2n) is 5.53. The average Bonchev–Trinajstić information content (AvgIpc) is 3.30. The number of hydrogen-bond donors (Lipinski definition) is 0. The van der Waals surface area contributed by atoms with Crippen molar-refractivity contribution in [1.29, 1.82) is 0 Å². The van der Waals surface area contributed by atoms with Crippen LogP contribution >= 0.6 is 11.8 Å². The quantitative estimate of drug-likeness (QED) is 0.551. The van der Waals surface area contributed by atoms with Crippen molar-refractivity contribution >= 4 is 17.7 Å². The van der Waals surface area contributed by atoms with Crippen LogP contribution in [0.1, 0.15) is 5.76 Å². The Morgan fingerprint density at radius 1 is 1.29 bits per heavy atom. The number of aromatic nitrogens is 4. The van der Waals surface area contributed by atoms with Gasteiger partial charge in [-0.15, -0.1) is 18.3 Å². The highest BCUT2D eigenvalue weighted by atomic mass is 32.2. The molecule has 12 heteroatoms. The fourth-order valence-corrected chi connectivity index (χ4v) is 3.01. The Kier molecular flexibility index (Phi) is 5.87. The molecule has 28 heavy (non-hydrogen) atoms. The molecule has 2 heterocycles. The van der Waals surface area contributed by atoms with Gasteiger partial charge in [-0.25, -0.2) is 0 Å². The number of carbonyl (C=O) groups is 1. The van der Waals surface area contributed by atoms with E-state index in [-0.39, 0.29) is 17.4 Å². The lowest BCUT2D eigenvalue weighted by Crippen LogP contribution is -2.27. The fraction of sp³-hybridized carbons (Fsp3) is 0.250. The van der Waals surface area contributed by atoms with Crippen LogP contribution in [0, 0.1) is 0 Å². The number of alkyl halides is 3. The van der Waals surface area contributed by atoms with Crippen LogP contribution in [0.3, 0.4) is 0 Å². The summed E-state index contributed by atoms with van der Waals surface area (Å²) in [6.07, 6.45) is -3.24. The van der Waals surface area contributed by atoms with Gasteiger partial charge in [-0.2, -0.15) is 4.68 Å². The molecule has 1 amide bonds. The number of ether oxygens (including phenoxy) is 1. The summed E-state index contributed by atoms with van der Waals surface area (Å²) in [6, 6.07) is 8.58. The first-order valence-corrected chi connectivity index (χ1v) is 8.84. The van der Waals surface area contributed by atoms with E-state index < -0.39 is 6.36 Å². The van der Waals surface area contributed by atoms with Crippen molar-refractivity contribution in [3.05, 3.63) is 48.4 Å². The lowest BCUT2D eigenvalue weighted by Gasteiger charge is -2.15. The second kappa shape index (κ2) is 8.33. The maximum Gasteiger partial charge on any atom is 0.573 e. The van der Waals surface area contributed by atoms with E-state index in [2.05, 4.69) is 20.3 Å². The molecule has 0 N–H and O–H groups in total. The maximum atomic E-state index is 12.3. The molecular weight excluding hydrogens is 399 g/mol. The minimum absolute atomic E-state index is 0.0762. The van der Waals surface area contributed by atoms with Crippen molar-refractivity contribution in [2.45, 2.75) is 18.1 Å². The van der Waals surface area contributed by atoms with Gasteiger partial charge in [-0.1, -0.05) is 11.8 Å². The van der Waals surface area contributed by atoms with Gasteiger partial charge in [0.2, 0.25) is 11.1 Å². The summed E-state index contributed by atoms with van der Waals surface area (Å²) in [5.41, 5.74) is 0.429. The van der Waals surface area contributed by atoms with E-state index in [0.717, 1.165) is 23.9 Å². The lowest BCUT2D eigenvalue weighted by molar-refractivity contribution is -0.274. The van der Waals surface area contributed by atoms with E-state index in [1.54, 1.807) is 19.2 Å². The Labute approximate surface area is 161 Å². The van der Waals surface area contributed by atoms with Crippen molar-refractivity contribution in [2.75, 3.05) is 12.8 Å². The number of tetrazole rings is 1. The molecule has 0 aliphatic carbocycles. The summed E-state index contributed by atoms with van der Waals surface area (Å²) >= 11 is 1.11. The molecule has 0 spiro atoms. The highest BCUT2D eigenvalue weighted by molar-refractivity contribution is 7.99. The van der Waals surface area contributed by atoms with E-state index in [4.69, 9.17) is 4.42 Å². The van der Waals surface area contributed by atoms with Crippen LogP contribution in [-0.4, -0.2) is 50.2 Å². The molecule has 148 valence electrons. The maximum absolute atomic E-state index is 12.3. The molecule has 0 saturated carbocycles. The van der Waals surface area contributed by atoms with E-state index in [1.807, 2.05) is 0 Å². The summed E-state index contributed by atoms with van der Waals surface area (Å²) in [5.74, 6) is 0.220. The molecule has 0 atom stereocenters. The summed E-state index contributed by atoms with van der Waals surface area (Å²) in [5, 5.41) is 11.5. The molecule has 1 aromatic carbocycles. The highest BCUT2D eigenvalue weighted by Crippen LogP contribution is 2.25.